The Hall–Kier alpha value is -1.19. The molecule has 116 valence electrons. The first-order valence-electron chi connectivity index (χ1n) is 7.81. The van der Waals surface area contributed by atoms with Gasteiger partial charge in [0, 0.05) is 15.5 Å². The van der Waals surface area contributed by atoms with Crippen LogP contribution in [0.1, 0.15) is 45.1 Å². The summed E-state index contributed by atoms with van der Waals surface area (Å²) in [6, 6.07) is 7.91. The molecule has 3 heteroatoms. The fraction of sp³-hybridized carbons (Fsp3) is 0.421. The van der Waals surface area contributed by atoms with Crippen molar-refractivity contribution in [3.8, 4) is 0 Å². The molecule has 0 aliphatic heterocycles. The van der Waals surface area contributed by atoms with E-state index in [-0.39, 0.29) is 17.3 Å². The minimum absolute atomic E-state index is 0.136. The number of ketones is 1. The van der Waals surface area contributed by atoms with E-state index in [0.29, 0.717) is 6.42 Å². The second kappa shape index (κ2) is 5.78. The summed E-state index contributed by atoms with van der Waals surface area (Å²) in [5.74, 6) is 0.136. The molecule has 0 bridgehead atoms. The van der Waals surface area contributed by atoms with Crippen LogP contribution in [0.2, 0.25) is 0 Å². The number of carbonyl (C=O) groups is 1. The summed E-state index contributed by atoms with van der Waals surface area (Å²) in [7, 11) is 0. The van der Waals surface area contributed by atoms with Gasteiger partial charge in [0.05, 0.1) is 6.10 Å². The third kappa shape index (κ3) is 2.50. The lowest BCUT2D eigenvalue weighted by Gasteiger charge is -2.45. The molecule has 1 saturated carbocycles. The molecule has 0 saturated heterocycles. The number of hydrogen-bond acceptors (Lipinski definition) is 2. The van der Waals surface area contributed by atoms with Gasteiger partial charge in [0.1, 0.15) is 0 Å². The Labute approximate surface area is 140 Å². The molecule has 1 aromatic rings. The van der Waals surface area contributed by atoms with E-state index >= 15 is 0 Å². The van der Waals surface area contributed by atoms with E-state index in [1.165, 1.54) is 5.57 Å². The Balaban J connectivity index is 2.08. The number of aliphatic hydroxyl groups is 1. The smallest absolute Gasteiger partial charge is 0.184 e. The highest BCUT2D eigenvalue weighted by atomic mass is 79.9. The SMILES string of the molecule is CC1=C2CCC[C@H](O)[C@@]2(C)CC(=Cc2ccccc2Br)C1=O. The Morgan fingerprint density at radius 2 is 2.09 bits per heavy atom. The first-order valence-corrected chi connectivity index (χ1v) is 8.61. The van der Waals surface area contributed by atoms with Crippen LogP contribution < -0.4 is 0 Å². The normalized spacial score (nSPS) is 30.6. The average Bonchev–Trinajstić information content (AvgIpc) is 2.49. The molecule has 0 spiro atoms. The van der Waals surface area contributed by atoms with Crippen molar-refractivity contribution in [1.29, 1.82) is 0 Å². The summed E-state index contributed by atoms with van der Waals surface area (Å²) in [5.41, 5.74) is 3.53. The third-order valence-corrected chi connectivity index (χ3v) is 5.93. The summed E-state index contributed by atoms with van der Waals surface area (Å²) >= 11 is 3.54. The van der Waals surface area contributed by atoms with Crippen LogP contribution in [0.15, 0.2) is 45.5 Å². The molecule has 0 amide bonds. The zero-order valence-corrected chi connectivity index (χ0v) is 14.6. The number of carbonyl (C=O) groups excluding carboxylic acids is 1. The van der Waals surface area contributed by atoms with Gasteiger partial charge in [-0.25, -0.2) is 0 Å². The fourth-order valence-electron chi connectivity index (χ4n) is 3.87. The number of rotatable bonds is 1. The van der Waals surface area contributed by atoms with E-state index < -0.39 is 0 Å². The van der Waals surface area contributed by atoms with Crippen molar-refractivity contribution in [2.45, 2.75) is 45.6 Å². The van der Waals surface area contributed by atoms with Gasteiger partial charge in [0.15, 0.2) is 5.78 Å². The van der Waals surface area contributed by atoms with Crippen molar-refractivity contribution in [2.24, 2.45) is 5.41 Å². The number of halogens is 1. The molecule has 2 nitrogen and oxygen atoms in total. The number of hydrogen-bond donors (Lipinski definition) is 1. The molecule has 22 heavy (non-hydrogen) atoms. The number of fused-ring (bicyclic) bond motifs is 1. The zero-order chi connectivity index (χ0) is 15.9. The summed E-state index contributed by atoms with van der Waals surface area (Å²) in [4.78, 5) is 12.7. The van der Waals surface area contributed by atoms with Crippen molar-refractivity contribution >= 4 is 27.8 Å². The number of Topliss-reactive ketones (excluding diaryl/α,β-unsaturated/α-hetero) is 1. The van der Waals surface area contributed by atoms with E-state index in [1.807, 2.05) is 37.3 Å². The maximum absolute atomic E-state index is 12.7. The topological polar surface area (TPSA) is 37.3 Å². The molecular formula is C19H21BrO2. The minimum atomic E-state index is -0.359. The lowest BCUT2D eigenvalue weighted by Crippen LogP contribution is -2.42. The lowest BCUT2D eigenvalue weighted by atomic mass is 9.61. The van der Waals surface area contributed by atoms with Gasteiger partial charge < -0.3 is 5.11 Å². The van der Waals surface area contributed by atoms with E-state index in [2.05, 4.69) is 22.9 Å². The number of aliphatic hydroxyl groups excluding tert-OH is 1. The van der Waals surface area contributed by atoms with Gasteiger partial charge in [-0.2, -0.15) is 0 Å². The molecule has 3 rings (SSSR count). The summed E-state index contributed by atoms with van der Waals surface area (Å²) < 4.78 is 0.983. The number of allylic oxidation sites excluding steroid dienone is 2. The molecule has 1 N–H and O–H groups in total. The Bertz CT molecular complexity index is 686. The van der Waals surface area contributed by atoms with Gasteiger partial charge >= 0.3 is 0 Å². The second-order valence-electron chi connectivity index (χ2n) is 6.63. The number of benzene rings is 1. The summed E-state index contributed by atoms with van der Waals surface area (Å²) in [5, 5.41) is 10.5. The quantitative estimate of drug-likeness (QED) is 0.738. The predicted molar refractivity (Wildman–Crippen MR) is 92.4 cm³/mol. The van der Waals surface area contributed by atoms with Crippen LogP contribution in [0.5, 0.6) is 0 Å². The average molecular weight is 361 g/mol. The maximum atomic E-state index is 12.7. The van der Waals surface area contributed by atoms with Crippen molar-refractivity contribution in [1.82, 2.24) is 0 Å². The zero-order valence-electron chi connectivity index (χ0n) is 13.0. The largest absolute Gasteiger partial charge is 0.392 e. The molecule has 2 aliphatic carbocycles. The molecule has 0 radical (unpaired) electrons. The highest BCUT2D eigenvalue weighted by molar-refractivity contribution is 9.10. The van der Waals surface area contributed by atoms with Crippen molar-refractivity contribution in [3.63, 3.8) is 0 Å². The van der Waals surface area contributed by atoms with Crippen LogP contribution in [0.3, 0.4) is 0 Å². The molecule has 0 unspecified atom stereocenters. The van der Waals surface area contributed by atoms with Crippen LogP contribution in [0.4, 0.5) is 0 Å². The molecule has 0 aromatic heterocycles. The Kier molecular flexibility index (Phi) is 4.13. The molecule has 0 heterocycles. The second-order valence-corrected chi connectivity index (χ2v) is 7.48. The Morgan fingerprint density at radius 1 is 1.36 bits per heavy atom. The van der Waals surface area contributed by atoms with Gasteiger partial charge in [0.25, 0.3) is 0 Å². The minimum Gasteiger partial charge on any atom is -0.392 e. The standard InChI is InChI=1S/C19H21BrO2/c1-12-15-7-5-9-17(21)19(15,2)11-14(18(12)22)10-13-6-3-4-8-16(13)20/h3-4,6,8,10,17,21H,5,7,9,11H2,1-2H3/t17-,19-/m0/s1. The summed E-state index contributed by atoms with van der Waals surface area (Å²) in [6.45, 7) is 4.02. The van der Waals surface area contributed by atoms with E-state index in [9.17, 15) is 9.90 Å². The van der Waals surface area contributed by atoms with Gasteiger partial charge in [-0.3, -0.25) is 4.79 Å². The van der Waals surface area contributed by atoms with E-state index in [4.69, 9.17) is 0 Å². The fourth-order valence-corrected chi connectivity index (χ4v) is 4.27. The predicted octanol–water partition coefficient (Wildman–Crippen LogP) is 4.67. The molecule has 2 atom stereocenters. The molecule has 2 aliphatic rings. The highest BCUT2D eigenvalue weighted by Crippen LogP contribution is 2.50. The van der Waals surface area contributed by atoms with E-state index in [1.54, 1.807) is 0 Å². The van der Waals surface area contributed by atoms with Crippen LogP contribution in [0, 0.1) is 5.41 Å². The van der Waals surface area contributed by atoms with Crippen molar-refractivity contribution in [2.75, 3.05) is 0 Å². The van der Waals surface area contributed by atoms with Gasteiger partial charge in [0.2, 0.25) is 0 Å². The first kappa shape index (κ1) is 15.7. The Morgan fingerprint density at radius 3 is 2.82 bits per heavy atom. The van der Waals surface area contributed by atoms with Crippen LogP contribution >= 0.6 is 15.9 Å². The maximum Gasteiger partial charge on any atom is 0.184 e. The van der Waals surface area contributed by atoms with Crippen LogP contribution in [-0.2, 0) is 4.79 Å². The van der Waals surface area contributed by atoms with Crippen LogP contribution in [-0.4, -0.2) is 17.0 Å². The first-order chi connectivity index (χ1) is 10.4. The molecule has 1 fully saturated rings. The summed E-state index contributed by atoms with van der Waals surface area (Å²) in [6.07, 6.45) is 4.97. The van der Waals surface area contributed by atoms with Crippen molar-refractivity contribution < 1.29 is 9.90 Å². The lowest BCUT2D eigenvalue weighted by molar-refractivity contribution is -0.113. The monoisotopic (exact) mass is 360 g/mol. The highest BCUT2D eigenvalue weighted by Gasteiger charge is 2.45. The van der Waals surface area contributed by atoms with Gasteiger partial charge in [-0.15, -0.1) is 0 Å². The molecule has 1 aromatic carbocycles. The van der Waals surface area contributed by atoms with E-state index in [0.717, 1.165) is 40.4 Å². The van der Waals surface area contributed by atoms with Gasteiger partial charge in [-0.05, 0) is 55.9 Å². The van der Waals surface area contributed by atoms with Gasteiger partial charge in [-0.1, -0.05) is 46.6 Å². The van der Waals surface area contributed by atoms with Crippen molar-refractivity contribution in [3.05, 3.63) is 51.0 Å². The molecular weight excluding hydrogens is 340 g/mol. The van der Waals surface area contributed by atoms with Crippen LogP contribution in [0.25, 0.3) is 6.08 Å². The third-order valence-electron chi connectivity index (χ3n) is 5.21.